The molecular formula is C30H61Cl3Sn. The van der Waals surface area contributed by atoms with Gasteiger partial charge in [0.15, 0.2) is 0 Å². The first-order chi connectivity index (χ1) is 16.6. The third kappa shape index (κ3) is 33.7. The quantitative estimate of drug-likeness (QED) is 0.0560. The van der Waals surface area contributed by atoms with Crippen molar-refractivity contribution in [2.24, 2.45) is 0 Å². The molecule has 0 saturated carbocycles. The molecule has 0 unspecified atom stereocenters. The van der Waals surface area contributed by atoms with Gasteiger partial charge in [-0.2, -0.15) is 0 Å². The molecular weight excluding hydrogens is 585 g/mol. The summed E-state index contributed by atoms with van der Waals surface area (Å²) in [7, 11) is 18.0. The second kappa shape index (κ2) is 29.2. The maximum absolute atomic E-state index is 5.99. The summed E-state index contributed by atoms with van der Waals surface area (Å²) in [6.45, 7) is 2.30. The van der Waals surface area contributed by atoms with Crippen LogP contribution < -0.4 is 0 Å². The van der Waals surface area contributed by atoms with Crippen LogP contribution in [0.4, 0.5) is 0 Å². The molecule has 0 heterocycles. The Morgan fingerprint density at radius 1 is 0.294 bits per heavy atom. The van der Waals surface area contributed by atoms with Gasteiger partial charge in [-0.3, -0.25) is 0 Å². The van der Waals surface area contributed by atoms with Crippen LogP contribution >= 0.6 is 26.8 Å². The zero-order chi connectivity index (χ0) is 25.0. The van der Waals surface area contributed by atoms with E-state index in [-0.39, 0.29) is 0 Å². The Hall–Kier alpha value is 1.67. The number of hydrogen-bond donors (Lipinski definition) is 0. The van der Waals surface area contributed by atoms with E-state index in [9.17, 15) is 0 Å². The van der Waals surface area contributed by atoms with E-state index in [2.05, 4.69) is 6.92 Å². The first-order valence-corrected chi connectivity index (χ1v) is 28.5. The molecule has 4 heteroatoms. The maximum atomic E-state index is 5.99. The van der Waals surface area contributed by atoms with Crippen LogP contribution in [0.1, 0.15) is 187 Å². The molecule has 0 rings (SSSR count). The molecule has 34 heavy (non-hydrogen) atoms. The molecule has 0 radical (unpaired) electrons. The molecule has 0 aliphatic rings. The zero-order valence-electron chi connectivity index (χ0n) is 23.1. The standard InChI is InChI=1S/C30H61.3ClH.Sn/c1-3-5-7-9-11-13-15-17-19-21-23-25-27-29-30-28-26-24-22-20-18-16-14-12-10-8-6-4-2;;;;/h1,3-30H2,2H3;3*1H;/q;;;;+3/p-3. The molecule has 0 amide bonds. The van der Waals surface area contributed by atoms with E-state index in [0.717, 1.165) is 10.9 Å². The predicted molar refractivity (Wildman–Crippen MR) is 163 cm³/mol. The average Bonchev–Trinajstić information content (AvgIpc) is 2.80. The van der Waals surface area contributed by atoms with E-state index in [1.807, 2.05) is 0 Å². The molecule has 0 aliphatic heterocycles. The van der Waals surface area contributed by atoms with E-state index in [1.165, 1.54) is 173 Å². The van der Waals surface area contributed by atoms with Crippen LogP contribution in [0.3, 0.4) is 0 Å². The van der Waals surface area contributed by atoms with Crippen molar-refractivity contribution in [1.82, 2.24) is 0 Å². The van der Waals surface area contributed by atoms with Gasteiger partial charge in [0.2, 0.25) is 0 Å². The van der Waals surface area contributed by atoms with Crippen molar-refractivity contribution < 1.29 is 0 Å². The Morgan fingerprint density at radius 3 is 0.647 bits per heavy atom. The van der Waals surface area contributed by atoms with Gasteiger partial charge in [0.25, 0.3) is 0 Å². The Kier molecular flexibility index (Phi) is 30.7. The summed E-state index contributed by atoms with van der Waals surface area (Å²) < 4.78 is 0.902. The summed E-state index contributed by atoms with van der Waals surface area (Å²) in [4.78, 5) is 0. The fourth-order valence-electron chi connectivity index (χ4n) is 4.99. The molecule has 0 fully saturated rings. The summed E-state index contributed by atoms with van der Waals surface area (Å²) in [6, 6.07) is 0. The molecule has 0 atom stereocenters. The van der Waals surface area contributed by atoms with Gasteiger partial charge in [0.1, 0.15) is 0 Å². The molecule has 0 aromatic heterocycles. The molecule has 0 nitrogen and oxygen atoms in total. The van der Waals surface area contributed by atoms with Crippen LogP contribution in [0, 0.1) is 0 Å². The fraction of sp³-hybridized carbons (Fsp3) is 1.00. The second-order valence-electron chi connectivity index (χ2n) is 10.9. The average molecular weight is 647 g/mol. The number of halogens is 3. The first kappa shape index (κ1) is 35.7. The van der Waals surface area contributed by atoms with E-state index >= 15 is 0 Å². The molecule has 0 aromatic carbocycles. The normalized spacial score (nSPS) is 12.0. The van der Waals surface area contributed by atoms with E-state index in [0.29, 0.717) is 0 Å². The number of rotatable bonds is 29. The van der Waals surface area contributed by atoms with Crippen molar-refractivity contribution in [1.29, 1.82) is 0 Å². The van der Waals surface area contributed by atoms with Crippen LogP contribution in [-0.2, 0) is 0 Å². The van der Waals surface area contributed by atoms with Crippen molar-refractivity contribution in [2.45, 2.75) is 191 Å². The van der Waals surface area contributed by atoms with Gasteiger partial charge in [0, 0.05) is 0 Å². The molecule has 0 spiro atoms. The first-order valence-electron chi connectivity index (χ1n) is 15.6. The topological polar surface area (TPSA) is 0 Å². The third-order valence-corrected chi connectivity index (χ3v) is 13.7. The van der Waals surface area contributed by atoms with Crippen LogP contribution in [0.25, 0.3) is 0 Å². The van der Waals surface area contributed by atoms with Crippen molar-refractivity contribution >= 4 is 41.8 Å². The van der Waals surface area contributed by atoms with Crippen LogP contribution in [0.15, 0.2) is 0 Å². The predicted octanol–water partition coefficient (Wildman–Crippen LogP) is 13.6. The number of unbranched alkanes of at least 4 members (excludes halogenated alkanes) is 27. The molecule has 0 aliphatic carbocycles. The molecule has 0 N–H and O–H groups in total. The van der Waals surface area contributed by atoms with Gasteiger partial charge in [-0.25, -0.2) is 0 Å². The Bertz CT molecular complexity index is 371. The van der Waals surface area contributed by atoms with E-state index < -0.39 is 15.0 Å². The minimum atomic E-state index is -3.03. The Labute approximate surface area is 231 Å². The third-order valence-electron chi connectivity index (χ3n) is 7.31. The van der Waals surface area contributed by atoms with Gasteiger partial charge < -0.3 is 0 Å². The molecule has 0 bridgehead atoms. The van der Waals surface area contributed by atoms with E-state index in [4.69, 9.17) is 26.8 Å². The van der Waals surface area contributed by atoms with Crippen molar-refractivity contribution in [3.63, 3.8) is 0 Å². The van der Waals surface area contributed by atoms with Crippen molar-refractivity contribution in [2.75, 3.05) is 0 Å². The number of hydrogen-bond acceptors (Lipinski definition) is 0. The zero-order valence-corrected chi connectivity index (χ0v) is 28.3. The Morgan fingerprint density at radius 2 is 0.471 bits per heavy atom. The van der Waals surface area contributed by atoms with Crippen LogP contribution in [-0.4, -0.2) is 15.0 Å². The van der Waals surface area contributed by atoms with Gasteiger partial charge in [-0.15, -0.1) is 0 Å². The fourth-order valence-corrected chi connectivity index (χ4v) is 9.54. The summed E-state index contributed by atoms with van der Waals surface area (Å²) in [5.41, 5.74) is 0. The summed E-state index contributed by atoms with van der Waals surface area (Å²) in [5.74, 6) is 0. The summed E-state index contributed by atoms with van der Waals surface area (Å²) >= 11 is -3.03. The monoisotopic (exact) mass is 646 g/mol. The summed E-state index contributed by atoms with van der Waals surface area (Å²) in [5, 5.41) is 0. The van der Waals surface area contributed by atoms with Crippen LogP contribution in [0.5, 0.6) is 0 Å². The summed E-state index contributed by atoms with van der Waals surface area (Å²) in [6.07, 6.45) is 40.1. The minimum absolute atomic E-state index is 0.902. The van der Waals surface area contributed by atoms with Gasteiger partial charge in [-0.05, 0) is 0 Å². The van der Waals surface area contributed by atoms with Crippen molar-refractivity contribution in [3.05, 3.63) is 0 Å². The van der Waals surface area contributed by atoms with E-state index in [1.54, 1.807) is 0 Å². The van der Waals surface area contributed by atoms with Crippen LogP contribution in [0.2, 0.25) is 4.44 Å². The molecule has 206 valence electrons. The SMILES string of the molecule is CCCCCCCCCCCCCCCCCCCCCCCCCCCCC[CH2][Sn]([Cl])([Cl])[Cl]. The van der Waals surface area contributed by atoms with Gasteiger partial charge in [0.05, 0.1) is 0 Å². The van der Waals surface area contributed by atoms with Gasteiger partial charge >= 0.3 is 117 Å². The Balaban J connectivity index is 3.03. The second-order valence-corrected chi connectivity index (χ2v) is 32.7. The molecule has 0 aromatic rings. The van der Waals surface area contributed by atoms with Crippen molar-refractivity contribution in [3.8, 4) is 0 Å². The van der Waals surface area contributed by atoms with Gasteiger partial charge in [-0.1, -0.05) is 116 Å². The molecule has 0 saturated heterocycles.